The molecule has 0 fully saturated rings. The third kappa shape index (κ3) is 6.27. The first-order valence-electron chi connectivity index (χ1n) is 13.3. The van der Waals surface area contributed by atoms with Crippen molar-refractivity contribution in [3.05, 3.63) is 108 Å². The molecule has 43 heavy (non-hydrogen) atoms. The first kappa shape index (κ1) is 31.7. The van der Waals surface area contributed by atoms with Gasteiger partial charge in [-0.1, -0.05) is 47.5 Å². The summed E-state index contributed by atoms with van der Waals surface area (Å²) >= 11 is 12.5. The molecule has 0 spiro atoms. The highest BCUT2D eigenvalue weighted by Crippen LogP contribution is 2.30. The van der Waals surface area contributed by atoms with Gasteiger partial charge in [-0.05, 0) is 61.4 Å². The summed E-state index contributed by atoms with van der Waals surface area (Å²) in [4.78, 5) is 66.2. The van der Waals surface area contributed by atoms with Gasteiger partial charge in [0.2, 0.25) is 6.41 Å². The molecule has 1 aromatic heterocycles. The first-order valence-corrected chi connectivity index (χ1v) is 14.0. The summed E-state index contributed by atoms with van der Waals surface area (Å²) in [5.74, 6) is -1.77. The molecule has 0 saturated carbocycles. The van der Waals surface area contributed by atoms with Crippen molar-refractivity contribution in [2.24, 2.45) is 12.8 Å². The molecule has 1 heterocycles. The number of halogens is 2. The predicted molar refractivity (Wildman–Crippen MR) is 165 cm³/mol. The Morgan fingerprint density at radius 2 is 1.63 bits per heavy atom. The van der Waals surface area contributed by atoms with Crippen molar-refractivity contribution in [2.75, 3.05) is 7.05 Å². The number of aromatic nitrogens is 2. The van der Waals surface area contributed by atoms with Crippen LogP contribution < -0.4 is 17.0 Å². The highest BCUT2D eigenvalue weighted by atomic mass is 35.5. The Hall–Kier alpha value is -4.25. The second kappa shape index (κ2) is 12.5. The molecular formula is C31H30Cl2N4O6. The molecule has 2 N–H and O–H groups in total. The van der Waals surface area contributed by atoms with Crippen LogP contribution in [0.5, 0.6) is 0 Å². The lowest BCUT2D eigenvalue weighted by molar-refractivity contribution is -0.151. The number of benzene rings is 3. The lowest BCUT2D eigenvalue weighted by Crippen LogP contribution is -2.58. The van der Waals surface area contributed by atoms with Crippen LogP contribution in [0, 0.1) is 0 Å². The van der Waals surface area contributed by atoms with E-state index in [0.717, 1.165) is 10.1 Å². The molecule has 12 heteroatoms. The molecule has 0 saturated heterocycles. The highest BCUT2D eigenvalue weighted by Gasteiger charge is 2.46. The molecule has 4 rings (SSSR count). The monoisotopic (exact) mass is 624 g/mol. The maximum absolute atomic E-state index is 13.7. The predicted octanol–water partition coefficient (Wildman–Crippen LogP) is 3.66. The molecule has 0 aliphatic carbocycles. The van der Waals surface area contributed by atoms with Gasteiger partial charge in [-0.25, -0.2) is 14.2 Å². The summed E-state index contributed by atoms with van der Waals surface area (Å²) in [7, 11) is 3.17. The van der Waals surface area contributed by atoms with E-state index in [0.29, 0.717) is 22.9 Å². The number of nitrogens with two attached hydrogens (primary N) is 1. The van der Waals surface area contributed by atoms with Gasteiger partial charge in [-0.3, -0.25) is 19.0 Å². The maximum Gasteiger partial charge on any atom is 0.335 e. The molecule has 1 amide bonds. The van der Waals surface area contributed by atoms with Crippen molar-refractivity contribution in [2.45, 2.75) is 38.5 Å². The molecule has 0 radical (unpaired) electrons. The fourth-order valence-electron chi connectivity index (χ4n) is 4.75. The first-order chi connectivity index (χ1) is 20.3. The van der Waals surface area contributed by atoms with Gasteiger partial charge < -0.3 is 15.4 Å². The number of hydrogen-bond acceptors (Lipinski definition) is 7. The average molecular weight is 626 g/mol. The van der Waals surface area contributed by atoms with Crippen LogP contribution in [0.25, 0.3) is 16.6 Å². The summed E-state index contributed by atoms with van der Waals surface area (Å²) in [6, 6.07) is 15.7. The van der Waals surface area contributed by atoms with Crippen molar-refractivity contribution in [1.29, 1.82) is 0 Å². The largest absolute Gasteiger partial charge is 0.461 e. The van der Waals surface area contributed by atoms with E-state index < -0.39 is 34.6 Å². The topological polar surface area (TPSA) is 134 Å². The number of hydrogen-bond donors (Lipinski definition) is 1. The average Bonchev–Trinajstić information content (AvgIpc) is 2.96. The number of ketones is 1. The Bertz CT molecular complexity index is 1830. The fourth-order valence-corrected chi connectivity index (χ4v) is 5.31. The van der Waals surface area contributed by atoms with Gasteiger partial charge in [0.05, 0.1) is 38.3 Å². The summed E-state index contributed by atoms with van der Waals surface area (Å²) < 4.78 is 7.73. The number of carbonyl (C=O) groups excluding carboxylic acids is 3. The number of esters is 1. The van der Waals surface area contributed by atoms with Gasteiger partial charge in [-0.2, -0.15) is 0 Å². The molecule has 0 bridgehead atoms. The number of amides is 1. The maximum atomic E-state index is 13.7. The van der Waals surface area contributed by atoms with Gasteiger partial charge >= 0.3 is 11.7 Å². The van der Waals surface area contributed by atoms with Crippen LogP contribution in [0.3, 0.4) is 0 Å². The Morgan fingerprint density at radius 1 is 1.02 bits per heavy atom. The van der Waals surface area contributed by atoms with E-state index in [9.17, 15) is 24.0 Å². The van der Waals surface area contributed by atoms with Crippen LogP contribution in [0.4, 0.5) is 0 Å². The number of nitrogens with zero attached hydrogens (tertiary/aromatic N) is 3. The zero-order chi connectivity index (χ0) is 31.6. The minimum absolute atomic E-state index is 0.0347. The quantitative estimate of drug-likeness (QED) is 0.123. The summed E-state index contributed by atoms with van der Waals surface area (Å²) in [6.07, 6.45) is -0.153. The summed E-state index contributed by atoms with van der Waals surface area (Å²) in [5.41, 5.74) is 4.98. The molecule has 1 atom stereocenters. The molecule has 224 valence electrons. The zero-order valence-electron chi connectivity index (χ0n) is 24.0. The van der Waals surface area contributed by atoms with E-state index in [1.165, 1.54) is 33.7 Å². The van der Waals surface area contributed by atoms with E-state index in [-0.39, 0.29) is 34.3 Å². The van der Waals surface area contributed by atoms with E-state index in [4.69, 9.17) is 33.7 Å². The van der Waals surface area contributed by atoms with Crippen LogP contribution in [-0.2, 0) is 34.3 Å². The van der Waals surface area contributed by atoms with Gasteiger partial charge in [0, 0.05) is 27.1 Å². The van der Waals surface area contributed by atoms with Crippen LogP contribution >= 0.6 is 23.2 Å². The number of carbonyl (C=O) groups is 3. The third-order valence-corrected chi connectivity index (χ3v) is 7.56. The van der Waals surface area contributed by atoms with E-state index in [1.54, 1.807) is 64.3 Å². The summed E-state index contributed by atoms with van der Waals surface area (Å²) in [6.45, 7) is 3.55. The van der Waals surface area contributed by atoms with E-state index in [1.807, 2.05) is 0 Å². The standard InChI is InChI=1S/C31H30Cl2N4O6/c1-18(2)43-29(41)31(34,27(39)26-23(32)6-5-7-24(26)33)15-19-8-11-21(12-9-19)37-28(40)22-14-20(16-35(3)17-38)10-13-25(22)36(4)30(37)42/h5-14,17-18H,15-16,34H2,1-4H3/t31-/m1/s1. The SMILES string of the molecule is CC(C)OC(=O)[C@@](N)(Cc1ccc(-n2c(=O)c3cc(CN(C)C=O)ccc3n(C)c2=O)cc1)C(=O)c1c(Cl)cccc1Cl. The van der Waals surface area contributed by atoms with Crippen LogP contribution in [0.15, 0.2) is 70.3 Å². The lowest BCUT2D eigenvalue weighted by atomic mass is 9.84. The van der Waals surface area contributed by atoms with Crippen molar-refractivity contribution < 1.29 is 19.1 Å². The van der Waals surface area contributed by atoms with Gasteiger partial charge in [0.15, 0.2) is 11.3 Å². The summed E-state index contributed by atoms with van der Waals surface area (Å²) in [5, 5.41) is 0.364. The Balaban J connectivity index is 1.76. The highest BCUT2D eigenvalue weighted by molar-refractivity contribution is 6.41. The normalized spacial score (nSPS) is 12.7. The lowest BCUT2D eigenvalue weighted by Gasteiger charge is -2.28. The number of ether oxygens (including phenoxy) is 1. The van der Waals surface area contributed by atoms with Crippen LogP contribution in [0.2, 0.25) is 10.0 Å². The second-order valence-corrected chi connectivity index (χ2v) is 11.4. The molecule has 3 aromatic carbocycles. The third-order valence-electron chi connectivity index (χ3n) is 6.93. The molecule has 0 unspecified atom stereocenters. The van der Waals surface area contributed by atoms with Gasteiger partial charge in [0.1, 0.15) is 0 Å². The van der Waals surface area contributed by atoms with Crippen molar-refractivity contribution in [3.8, 4) is 5.69 Å². The molecular weight excluding hydrogens is 595 g/mol. The van der Waals surface area contributed by atoms with E-state index >= 15 is 0 Å². The molecule has 4 aromatic rings. The number of rotatable bonds is 10. The van der Waals surface area contributed by atoms with Crippen molar-refractivity contribution in [1.82, 2.24) is 14.0 Å². The van der Waals surface area contributed by atoms with Crippen molar-refractivity contribution >= 4 is 52.3 Å². The minimum atomic E-state index is -2.18. The Morgan fingerprint density at radius 3 is 2.21 bits per heavy atom. The zero-order valence-corrected chi connectivity index (χ0v) is 25.5. The van der Waals surface area contributed by atoms with Crippen LogP contribution in [-0.4, -0.2) is 50.9 Å². The number of aryl methyl sites for hydroxylation is 1. The minimum Gasteiger partial charge on any atom is -0.461 e. The molecule has 0 aliphatic rings. The van der Waals surface area contributed by atoms with Gasteiger partial charge in [0.25, 0.3) is 5.56 Å². The Kier molecular flexibility index (Phi) is 9.24. The van der Waals surface area contributed by atoms with Gasteiger partial charge in [-0.15, -0.1) is 0 Å². The smallest absolute Gasteiger partial charge is 0.335 e. The van der Waals surface area contributed by atoms with Crippen molar-refractivity contribution in [3.63, 3.8) is 0 Å². The van der Waals surface area contributed by atoms with E-state index in [2.05, 4.69) is 0 Å². The number of Topliss-reactive ketones (excluding diaryl/α,β-unsaturated/α-hetero) is 1. The molecule has 10 nitrogen and oxygen atoms in total. The fraction of sp³-hybridized carbons (Fsp3) is 0.258. The Labute approximate surface area is 257 Å². The number of fused-ring (bicyclic) bond motifs is 1. The molecule has 0 aliphatic heterocycles. The van der Waals surface area contributed by atoms with Crippen LogP contribution in [0.1, 0.15) is 35.3 Å². The second-order valence-electron chi connectivity index (χ2n) is 10.5.